The molecule has 2 aromatic rings. The van der Waals surface area contributed by atoms with E-state index in [4.69, 9.17) is 0 Å². The predicted molar refractivity (Wildman–Crippen MR) is 71.5 cm³/mol. The maximum Gasteiger partial charge on any atom is 0.330 e. The smallest absolute Gasteiger partial charge is 0.300 e. The summed E-state index contributed by atoms with van der Waals surface area (Å²) in [6, 6.07) is 4.91. The van der Waals surface area contributed by atoms with E-state index < -0.39 is 22.8 Å². The van der Waals surface area contributed by atoms with Crippen molar-refractivity contribution >= 4 is 5.78 Å². The number of nitrogens with zero attached hydrogens (tertiary/aromatic N) is 2. The Labute approximate surface area is 113 Å². The van der Waals surface area contributed by atoms with Crippen molar-refractivity contribution in [2.24, 2.45) is 14.1 Å². The number of hydrogen-bond acceptors (Lipinski definition) is 3. The molecule has 0 radical (unpaired) electrons. The lowest BCUT2D eigenvalue weighted by molar-refractivity contribution is 0.103. The van der Waals surface area contributed by atoms with Gasteiger partial charge in [0.15, 0.2) is 5.78 Å². The minimum Gasteiger partial charge on any atom is -0.300 e. The fourth-order valence-electron chi connectivity index (χ4n) is 1.95. The molecule has 0 saturated heterocycles. The van der Waals surface area contributed by atoms with Crippen LogP contribution < -0.4 is 11.2 Å². The van der Waals surface area contributed by atoms with Crippen LogP contribution in [0.25, 0.3) is 0 Å². The van der Waals surface area contributed by atoms with E-state index in [9.17, 15) is 18.8 Å². The van der Waals surface area contributed by atoms with Crippen molar-refractivity contribution in [2.75, 3.05) is 0 Å². The molecule has 0 N–H and O–H groups in total. The molecule has 1 aromatic carbocycles. The molecule has 0 saturated carbocycles. The lowest BCUT2D eigenvalue weighted by atomic mass is 10.0. The lowest BCUT2D eigenvalue weighted by Crippen LogP contribution is -2.41. The predicted octanol–water partition coefficient (Wildman–Crippen LogP) is 0.763. The second kappa shape index (κ2) is 4.88. The van der Waals surface area contributed by atoms with Crippen LogP contribution in [0.5, 0.6) is 0 Å². The molecule has 0 amide bonds. The van der Waals surface area contributed by atoms with E-state index in [0.29, 0.717) is 0 Å². The highest BCUT2D eigenvalue weighted by atomic mass is 19.1. The van der Waals surface area contributed by atoms with Gasteiger partial charge in [0.2, 0.25) is 0 Å². The van der Waals surface area contributed by atoms with Crippen molar-refractivity contribution in [2.45, 2.75) is 6.92 Å². The summed E-state index contributed by atoms with van der Waals surface area (Å²) in [5.74, 6) is -0.995. The fourth-order valence-corrected chi connectivity index (χ4v) is 1.95. The molecule has 0 spiro atoms. The summed E-state index contributed by atoms with van der Waals surface area (Å²) < 4.78 is 15.0. The molecule has 0 atom stereocenters. The molecule has 0 bridgehead atoms. The summed E-state index contributed by atoms with van der Waals surface area (Å²) in [4.78, 5) is 36.2. The zero-order chi connectivity index (χ0) is 15.0. The van der Waals surface area contributed by atoms with E-state index in [-0.39, 0.29) is 16.8 Å². The van der Waals surface area contributed by atoms with E-state index in [2.05, 4.69) is 0 Å². The number of halogens is 1. The van der Waals surface area contributed by atoms with Crippen molar-refractivity contribution in [3.05, 3.63) is 67.7 Å². The molecule has 6 heteroatoms. The van der Waals surface area contributed by atoms with Gasteiger partial charge in [-0.25, -0.2) is 9.18 Å². The van der Waals surface area contributed by atoms with E-state index in [1.54, 1.807) is 0 Å². The summed E-state index contributed by atoms with van der Waals surface area (Å²) in [6.45, 7) is 1.53. The van der Waals surface area contributed by atoms with Gasteiger partial charge in [-0.05, 0) is 31.2 Å². The fraction of sp³-hybridized carbons (Fsp3) is 0.214. The van der Waals surface area contributed by atoms with Crippen molar-refractivity contribution in [1.82, 2.24) is 9.13 Å². The molecule has 5 nitrogen and oxygen atoms in total. The molecular weight excluding hydrogens is 263 g/mol. The molecule has 1 aromatic heterocycles. The average Bonchev–Trinajstić information content (AvgIpc) is 2.44. The SMILES string of the molecule is Cc1c(C(=O)c2ccc(F)cc2)c(=O)n(C)c(=O)n1C. The van der Waals surface area contributed by atoms with Crippen LogP contribution in [-0.4, -0.2) is 14.9 Å². The number of hydrogen-bond donors (Lipinski definition) is 0. The molecule has 0 fully saturated rings. The van der Waals surface area contributed by atoms with Gasteiger partial charge in [-0.1, -0.05) is 0 Å². The van der Waals surface area contributed by atoms with Gasteiger partial charge < -0.3 is 4.57 Å². The van der Waals surface area contributed by atoms with Crippen molar-refractivity contribution in [3.8, 4) is 0 Å². The van der Waals surface area contributed by atoms with Gasteiger partial charge in [-0.3, -0.25) is 14.2 Å². The highest BCUT2D eigenvalue weighted by Crippen LogP contribution is 2.10. The Morgan fingerprint density at radius 1 is 1.05 bits per heavy atom. The third kappa shape index (κ3) is 2.09. The minimum absolute atomic E-state index is 0.0822. The van der Waals surface area contributed by atoms with Crippen LogP contribution in [-0.2, 0) is 14.1 Å². The number of ketones is 1. The van der Waals surface area contributed by atoms with Crippen LogP contribution >= 0.6 is 0 Å². The minimum atomic E-state index is -0.653. The first-order chi connectivity index (χ1) is 9.34. The number of benzene rings is 1. The molecular formula is C14H13FN2O3. The van der Waals surface area contributed by atoms with Crippen LogP contribution in [0, 0.1) is 12.7 Å². The average molecular weight is 276 g/mol. The van der Waals surface area contributed by atoms with Gasteiger partial charge in [0, 0.05) is 25.4 Å². The maximum atomic E-state index is 12.9. The van der Waals surface area contributed by atoms with Gasteiger partial charge in [0.25, 0.3) is 5.56 Å². The number of carbonyl (C=O) groups is 1. The Morgan fingerprint density at radius 3 is 2.15 bits per heavy atom. The summed E-state index contributed by atoms with van der Waals surface area (Å²) in [5.41, 5.74) is -0.748. The van der Waals surface area contributed by atoms with Crippen LogP contribution in [0.3, 0.4) is 0 Å². The third-order valence-corrected chi connectivity index (χ3v) is 3.29. The Bertz CT molecular complexity index is 801. The lowest BCUT2D eigenvalue weighted by Gasteiger charge is -2.11. The first-order valence-electron chi connectivity index (χ1n) is 5.91. The number of rotatable bonds is 2. The summed E-state index contributed by atoms with van der Waals surface area (Å²) in [7, 11) is 2.80. The van der Waals surface area contributed by atoms with E-state index >= 15 is 0 Å². The Kier molecular flexibility index (Phi) is 3.40. The molecule has 104 valence electrons. The topological polar surface area (TPSA) is 61.1 Å². The Hall–Kier alpha value is -2.50. The Balaban J connectivity index is 2.70. The van der Waals surface area contributed by atoms with Gasteiger partial charge >= 0.3 is 5.69 Å². The van der Waals surface area contributed by atoms with Crippen LogP contribution in [0.1, 0.15) is 21.6 Å². The Morgan fingerprint density at radius 2 is 1.60 bits per heavy atom. The molecule has 2 rings (SSSR count). The first kappa shape index (κ1) is 13.9. The standard InChI is InChI=1S/C14H13FN2O3/c1-8-11(13(19)17(3)14(20)16(8)2)12(18)9-4-6-10(15)7-5-9/h4-7H,1-3H3. The van der Waals surface area contributed by atoms with Gasteiger partial charge in [-0.2, -0.15) is 0 Å². The molecule has 20 heavy (non-hydrogen) atoms. The largest absolute Gasteiger partial charge is 0.330 e. The monoisotopic (exact) mass is 276 g/mol. The summed E-state index contributed by atoms with van der Waals surface area (Å²) in [5, 5.41) is 0. The summed E-state index contributed by atoms with van der Waals surface area (Å²) >= 11 is 0. The molecule has 1 heterocycles. The zero-order valence-corrected chi connectivity index (χ0v) is 11.3. The van der Waals surface area contributed by atoms with Gasteiger partial charge in [0.1, 0.15) is 11.4 Å². The van der Waals surface area contributed by atoms with Crippen molar-refractivity contribution in [3.63, 3.8) is 0 Å². The molecule has 0 aliphatic carbocycles. The number of aromatic nitrogens is 2. The van der Waals surface area contributed by atoms with E-state index in [0.717, 1.165) is 16.7 Å². The maximum absolute atomic E-state index is 12.9. The second-order valence-corrected chi connectivity index (χ2v) is 4.50. The molecule has 0 unspecified atom stereocenters. The zero-order valence-electron chi connectivity index (χ0n) is 11.3. The molecule has 0 aliphatic rings. The van der Waals surface area contributed by atoms with Gasteiger partial charge in [0.05, 0.1) is 0 Å². The number of carbonyl (C=O) groups excluding carboxylic acids is 1. The quantitative estimate of drug-likeness (QED) is 0.761. The summed E-state index contributed by atoms with van der Waals surface area (Å²) in [6.07, 6.45) is 0. The first-order valence-corrected chi connectivity index (χ1v) is 5.91. The highest BCUT2D eigenvalue weighted by molar-refractivity contribution is 6.09. The normalized spacial score (nSPS) is 10.6. The van der Waals surface area contributed by atoms with Crippen molar-refractivity contribution in [1.29, 1.82) is 0 Å². The van der Waals surface area contributed by atoms with Crippen LogP contribution in [0.4, 0.5) is 4.39 Å². The van der Waals surface area contributed by atoms with E-state index in [1.807, 2.05) is 0 Å². The van der Waals surface area contributed by atoms with Crippen LogP contribution in [0.15, 0.2) is 33.9 Å². The highest BCUT2D eigenvalue weighted by Gasteiger charge is 2.20. The molecule has 0 aliphatic heterocycles. The van der Waals surface area contributed by atoms with Crippen molar-refractivity contribution < 1.29 is 9.18 Å². The van der Waals surface area contributed by atoms with E-state index in [1.165, 1.54) is 37.7 Å². The van der Waals surface area contributed by atoms with Gasteiger partial charge in [-0.15, -0.1) is 0 Å². The third-order valence-electron chi connectivity index (χ3n) is 3.29. The second-order valence-electron chi connectivity index (χ2n) is 4.50. The van der Waals surface area contributed by atoms with Crippen LogP contribution in [0.2, 0.25) is 0 Å².